The summed E-state index contributed by atoms with van der Waals surface area (Å²) >= 11 is 0. The minimum absolute atomic E-state index is 0. The van der Waals surface area contributed by atoms with Crippen LogP contribution in [0, 0.1) is 33.7 Å². The summed E-state index contributed by atoms with van der Waals surface area (Å²) in [5, 5.41) is 11.8. The van der Waals surface area contributed by atoms with Crippen LogP contribution in [0.2, 0.25) is 0 Å². The third-order valence-corrected chi connectivity index (χ3v) is 11.7. The normalized spacial score (nSPS) is 13.1. The molecular formula is C58H52N3OPt-. The summed E-state index contributed by atoms with van der Waals surface area (Å²) in [6, 6.07) is 51.3. The number of imidazole rings is 1. The average Bonchev–Trinajstić information content (AvgIpc) is 3.69. The monoisotopic (exact) mass is 1010 g/mol. The van der Waals surface area contributed by atoms with E-state index in [1.54, 1.807) is 39.8 Å². The van der Waals surface area contributed by atoms with Crippen molar-refractivity contribution in [2.75, 3.05) is 0 Å². The summed E-state index contributed by atoms with van der Waals surface area (Å²) in [4.78, 5) is 10.2. The van der Waals surface area contributed by atoms with E-state index in [1.165, 1.54) is 5.56 Å². The van der Waals surface area contributed by atoms with Gasteiger partial charge in [0.05, 0.1) is 22.3 Å². The second-order valence-electron chi connectivity index (χ2n) is 16.7. The molecular weight excluding hydrogens is 950 g/mol. The molecule has 9 aromatic rings. The number of benzene rings is 7. The summed E-state index contributed by atoms with van der Waals surface area (Å²) in [5.74, 6) is -1.68. The number of pyridine rings is 1. The fourth-order valence-electron chi connectivity index (χ4n) is 8.61. The Bertz CT molecular complexity index is 3310. The minimum atomic E-state index is -2.61. The third kappa shape index (κ3) is 8.33. The van der Waals surface area contributed by atoms with Gasteiger partial charge >= 0.3 is 0 Å². The molecule has 0 radical (unpaired) electrons. The van der Waals surface area contributed by atoms with Gasteiger partial charge in [-0.2, -0.15) is 0 Å². The van der Waals surface area contributed by atoms with Crippen LogP contribution in [0.3, 0.4) is 0 Å². The molecule has 0 spiro atoms. The van der Waals surface area contributed by atoms with E-state index in [4.69, 9.17) is 16.8 Å². The first-order chi connectivity index (χ1) is 31.8. The molecule has 9 rings (SSSR count). The predicted molar refractivity (Wildman–Crippen MR) is 259 cm³/mol. The van der Waals surface area contributed by atoms with Crippen LogP contribution in [0.4, 0.5) is 0 Å². The van der Waals surface area contributed by atoms with Crippen molar-refractivity contribution < 1.29 is 33.0 Å². The van der Waals surface area contributed by atoms with Crippen LogP contribution in [0.1, 0.15) is 79.7 Å². The van der Waals surface area contributed by atoms with Crippen LogP contribution >= 0.6 is 0 Å². The van der Waals surface area contributed by atoms with Crippen LogP contribution in [0.5, 0.6) is 5.75 Å². The number of para-hydroxylation sites is 1. The topological polar surface area (TPSA) is 50.9 Å². The molecule has 7 aromatic carbocycles. The summed E-state index contributed by atoms with van der Waals surface area (Å²) in [6.07, 6.45) is 1.83. The molecule has 0 aliphatic rings. The first kappa shape index (κ1) is 37.2. The van der Waals surface area contributed by atoms with Crippen molar-refractivity contribution in [3.05, 3.63) is 191 Å². The molecule has 4 nitrogen and oxygen atoms in total. The van der Waals surface area contributed by atoms with Gasteiger partial charge in [0.15, 0.2) is 0 Å². The van der Waals surface area contributed by atoms with Crippen molar-refractivity contribution in [2.24, 2.45) is 0 Å². The average molecular weight is 1010 g/mol. The van der Waals surface area contributed by atoms with Gasteiger partial charge < -0.3 is 5.11 Å². The zero-order valence-corrected chi connectivity index (χ0v) is 38.8. The van der Waals surface area contributed by atoms with Crippen LogP contribution in [0.25, 0.3) is 83.9 Å². The van der Waals surface area contributed by atoms with E-state index in [2.05, 4.69) is 67.6 Å². The largest absolute Gasteiger partial charge is 0.507 e. The van der Waals surface area contributed by atoms with E-state index >= 15 is 0 Å². The van der Waals surface area contributed by atoms with Gasteiger partial charge in [0.1, 0.15) is 11.6 Å². The zero-order valence-electron chi connectivity index (χ0n) is 41.5. The zero-order chi connectivity index (χ0) is 47.6. The summed E-state index contributed by atoms with van der Waals surface area (Å²) < 4.78 is 47.2. The Morgan fingerprint density at radius 3 is 2.00 bits per heavy atom. The Kier molecular flexibility index (Phi) is 10.5. The number of phenols is 1. The molecule has 2 aromatic heterocycles. The number of aromatic nitrogens is 3. The molecule has 2 heterocycles. The smallest absolute Gasteiger partial charge is 0.148 e. The molecule has 0 amide bonds. The number of aromatic hydroxyl groups is 1. The SMILES string of the molecule is [2H]C([2H])([2H])c1cc(-c2c(C([2H])(C)C)cccc2C([2H])(C)C)ccc1-n1c(-c2cc(C)cc(C)c2O)nc2c(-c3[c-]c(-c4cc(-c5ccc(C)cc5)ccn4)cc(-c4ccccc4)c3)cccc21.[Pt]. The maximum Gasteiger partial charge on any atom is 0.148 e. The molecule has 0 saturated carbocycles. The van der Waals surface area contributed by atoms with Crippen LogP contribution in [0.15, 0.2) is 152 Å². The molecule has 316 valence electrons. The van der Waals surface area contributed by atoms with Crippen molar-refractivity contribution in [3.8, 4) is 78.6 Å². The molecule has 0 unspecified atom stereocenters. The van der Waals surface area contributed by atoms with E-state index in [0.717, 1.165) is 50.2 Å². The molecule has 0 atom stereocenters. The van der Waals surface area contributed by atoms with Gasteiger partial charge in [0.25, 0.3) is 0 Å². The molecule has 0 bridgehead atoms. The van der Waals surface area contributed by atoms with Crippen molar-refractivity contribution in [3.63, 3.8) is 0 Å². The van der Waals surface area contributed by atoms with Gasteiger partial charge in [-0.1, -0.05) is 153 Å². The fourth-order valence-corrected chi connectivity index (χ4v) is 8.61. The van der Waals surface area contributed by atoms with E-state index in [1.807, 2.05) is 103 Å². The van der Waals surface area contributed by atoms with Crippen molar-refractivity contribution in [1.82, 2.24) is 14.5 Å². The summed E-state index contributed by atoms with van der Waals surface area (Å²) in [7, 11) is 0. The number of rotatable bonds is 9. The van der Waals surface area contributed by atoms with Crippen molar-refractivity contribution >= 4 is 11.0 Å². The standard InChI is InChI=1S/C58H52N3O.Pt/c1-35(2)48-16-12-17-49(36(3)4)55(48)44-24-25-53(39(7)30-44)61-54-19-13-18-50(56(54)60-58(61)51-29-38(6)28-40(8)57(51)62)46-31-45(41-14-10-9-11-15-41)32-47(33-46)52-34-43(26-27-59-52)42-22-20-37(5)21-23-42;/h9-32,34-36,62H,1-8H3;/q-1;/i7D3,35D,36D;. The summed E-state index contributed by atoms with van der Waals surface area (Å²) in [5.41, 5.74) is 14.7. The fraction of sp³-hybridized carbons (Fsp3) is 0.172. The molecule has 63 heavy (non-hydrogen) atoms. The second-order valence-corrected chi connectivity index (χ2v) is 16.7. The summed E-state index contributed by atoms with van der Waals surface area (Å²) in [6.45, 7) is 10.5. The molecule has 0 aliphatic carbocycles. The van der Waals surface area contributed by atoms with Gasteiger partial charge in [-0.3, -0.25) is 9.55 Å². The first-order valence-electron chi connectivity index (χ1n) is 23.5. The van der Waals surface area contributed by atoms with E-state index in [0.29, 0.717) is 55.9 Å². The van der Waals surface area contributed by atoms with Crippen LogP contribution in [-0.2, 0) is 21.1 Å². The number of hydrogen-bond acceptors (Lipinski definition) is 3. The van der Waals surface area contributed by atoms with Gasteiger partial charge in [-0.25, -0.2) is 4.98 Å². The molecule has 0 fully saturated rings. The van der Waals surface area contributed by atoms with Gasteiger partial charge in [0.2, 0.25) is 0 Å². The number of fused-ring (bicyclic) bond motifs is 1. The Labute approximate surface area is 393 Å². The van der Waals surface area contributed by atoms with E-state index in [-0.39, 0.29) is 32.4 Å². The third-order valence-electron chi connectivity index (χ3n) is 11.7. The maximum absolute atomic E-state index is 11.8. The van der Waals surface area contributed by atoms with Crippen LogP contribution < -0.4 is 0 Å². The Morgan fingerprint density at radius 2 is 1.29 bits per heavy atom. The second kappa shape index (κ2) is 17.8. The quantitative estimate of drug-likeness (QED) is 0.147. The Balaban J connectivity index is 0.00000625. The van der Waals surface area contributed by atoms with Gasteiger partial charge in [0, 0.05) is 39.8 Å². The maximum atomic E-state index is 11.8. The Morgan fingerprint density at radius 1 is 0.603 bits per heavy atom. The Hall–Kier alpha value is -6.35. The molecule has 1 N–H and O–H groups in total. The predicted octanol–water partition coefficient (Wildman–Crippen LogP) is 15.4. The number of hydrogen-bond donors (Lipinski definition) is 1. The van der Waals surface area contributed by atoms with Crippen molar-refractivity contribution in [2.45, 2.75) is 67.1 Å². The van der Waals surface area contributed by atoms with E-state index < -0.39 is 18.6 Å². The number of phenolic OH excluding ortho intramolecular Hbond substituents is 1. The number of aryl methyl sites for hydroxylation is 4. The molecule has 5 heteroatoms. The van der Waals surface area contributed by atoms with E-state index in [9.17, 15) is 5.11 Å². The molecule has 0 saturated heterocycles. The molecule has 0 aliphatic heterocycles. The van der Waals surface area contributed by atoms with Crippen LogP contribution in [-0.4, -0.2) is 19.6 Å². The number of nitrogens with zero attached hydrogens (tertiary/aromatic N) is 3. The minimum Gasteiger partial charge on any atom is -0.507 e. The van der Waals surface area contributed by atoms with Gasteiger partial charge in [-0.15, -0.1) is 23.8 Å². The van der Waals surface area contributed by atoms with Crippen molar-refractivity contribution in [1.29, 1.82) is 0 Å². The van der Waals surface area contributed by atoms with Gasteiger partial charge in [-0.05, 0) is 125 Å². The first-order valence-corrected chi connectivity index (χ1v) is 21.0.